The molecule has 0 rings (SSSR count). The van der Waals surface area contributed by atoms with E-state index in [1.165, 1.54) is 12.2 Å². The molecule has 0 aliphatic rings. The molecule has 0 spiro atoms. The van der Waals surface area contributed by atoms with Crippen molar-refractivity contribution in [3.8, 4) is 12.3 Å². The van der Waals surface area contributed by atoms with E-state index in [9.17, 15) is 13.0 Å². The molecule has 0 aliphatic carbocycles. The smallest absolute Gasteiger partial charge is 0.275 e. The lowest BCUT2D eigenvalue weighted by Crippen LogP contribution is -2.13. The van der Waals surface area contributed by atoms with E-state index in [1.807, 2.05) is 5.92 Å². The molecular formula is C10H15O4PS. The highest BCUT2D eigenvalue weighted by Gasteiger charge is 2.27. The van der Waals surface area contributed by atoms with Gasteiger partial charge >= 0.3 is 0 Å². The molecule has 0 radical (unpaired) electrons. The van der Waals surface area contributed by atoms with Crippen LogP contribution in [0.3, 0.4) is 0 Å². The van der Waals surface area contributed by atoms with Gasteiger partial charge in [-0.2, -0.15) is 8.42 Å². The van der Waals surface area contributed by atoms with Gasteiger partial charge in [-0.25, -0.2) is 0 Å². The monoisotopic (exact) mass is 262 g/mol. The third kappa shape index (κ3) is 5.92. The topological polar surface area (TPSA) is 60.4 Å². The summed E-state index contributed by atoms with van der Waals surface area (Å²) in [6, 6.07) is 0. The normalized spacial score (nSPS) is 11.7. The van der Waals surface area contributed by atoms with Crippen molar-refractivity contribution in [2.45, 2.75) is 0 Å². The maximum absolute atomic E-state index is 12.1. The Labute approximate surface area is 96.9 Å². The van der Waals surface area contributed by atoms with Crippen molar-refractivity contribution in [3.05, 3.63) is 25.3 Å². The first-order valence-electron chi connectivity index (χ1n) is 4.48. The summed E-state index contributed by atoms with van der Waals surface area (Å²) < 4.78 is 39.4. The highest BCUT2D eigenvalue weighted by molar-refractivity contribution is 7.95. The average Bonchev–Trinajstić information content (AvgIpc) is 2.14. The van der Waals surface area contributed by atoms with Gasteiger partial charge in [-0.15, -0.1) is 19.6 Å². The fourth-order valence-corrected chi connectivity index (χ4v) is 5.88. The van der Waals surface area contributed by atoms with Crippen molar-refractivity contribution in [2.24, 2.45) is 0 Å². The van der Waals surface area contributed by atoms with Gasteiger partial charge < -0.3 is 4.57 Å². The van der Waals surface area contributed by atoms with Crippen molar-refractivity contribution < 1.29 is 17.2 Å². The van der Waals surface area contributed by atoms with Crippen LogP contribution in [0.1, 0.15) is 0 Å². The first-order valence-corrected chi connectivity index (χ1v) is 8.32. The zero-order valence-electron chi connectivity index (χ0n) is 8.96. The zero-order chi connectivity index (χ0) is 12.7. The Bertz CT molecular complexity index is 416. The molecule has 0 aromatic carbocycles. The second-order valence-corrected chi connectivity index (χ2v) is 8.38. The average molecular weight is 262 g/mol. The molecule has 0 fully saturated rings. The molecule has 4 nitrogen and oxygen atoms in total. The van der Waals surface area contributed by atoms with E-state index in [-0.39, 0.29) is 18.9 Å². The van der Waals surface area contributed by atoms with Crippen molar-refractivity contribution in [3.63, 3.8) is 0 Å². The van der Waals surface area contributed by atoms with Gasteiger partial charge in [0.25, 0.3) is 10.1 Å². The first-order chi connectivity index (χ1) is 7.39. The summed E-state index contributed by atoms with van der Waals surface area (Å²) in [7, 11) is -6.75. The number of terminal acetylenes is 1. The van der Waals surface area contributed by atoms with E-state index in [0.29, 0.717) is 0 Å². The number of hydrogen-bond acceptors (Lipinski definition) is 4. The Morgan fingerprint density at radius 1 is 1.31 bits per heavy atom. The molecule has 0 saturated carbocycles. The standard InChI is InChI=1S/C10H15O4PS/c1-4-7-14-16(12,13)10-15(11,8-5-2)9-6-3/h1,5-6H,2-3,7-10H2. The fraction of sp³-hybridized carbons (Fsp3) is 0.400. The van der Waals surface area contributed by atoms with Crippen molar-refractivity contribution in [2.75, 3.05) is 24.4 Å². The van der Waals surface area contributed by atoms with Gasteiger partial charge in [0, 0.05) is 12.3 Å². The predicted molar refractivity (Wildman–Crippen MR) is 66.3 cm³/mol. The molecule has 0 saturated heterocycles. The molecule has 0 heterocycles. The van der Waals surface area contributed by atoms with Gasteiger partial charge in [0.2, 0.25) is 0 Å². The highest BCUT2D eigenvalue weighted by atomic mass is 32.2. The largest absolute Gasteiger partial charge is 0.322 e. The van der Waals surface area contributed by atoms with Crippen LogP contribution in [0.4, 0.5) is 0 Å². The van der Waals surface area contributed by atoms with Crippen molar-refractivity contribution in [1.82, 2.24) is 0 Å². The third-order valence-electron chi connectivity index (χ3n) is 1.64. The molecule has 90 valence electrons. The molecule has 0 N–H and O–H groups in total. The summed E-state index contributed by atoms with van der Waals surface area (Å²) in [4.78, 5) is 0. The molecular weight excluding hydrogens is 247 g/mol. The lowest BCUT2D eigenvalue weighted by molar-refractivity contribution is 0.366. The second-order valence-electron chi connectivity index (χ2n) is 3.15. The summed E-state index contributed by atoms with van der Waals surface area (Å²) >= 11 is 0. The first kappa shape index (κ1) is 15.2. The van der Waals surface area contributed by atoms with Crippen LogP contribution in [0.2, 0.25) is 0 Å². The second kappa shape index (κ2) is 6.70. The van der Waals surface area contributed by atoms with E-state index >= 15 is 0 Å². The van der Waals surface area contributed by atoms with E-state index in [4.69, 9.17) is 6.42 Å². The molecule has 16 heavy (non-hydrogen) atoms. The summed E-state index contributed by atoms with van der Waals surface area (Å²) in [5, 5.41) is 0. The summed E-state index contributed by atoms with van der Waals surface area (Å²) in [5.74, 6) is 2.04. The van der Waals surface area contributed by atoms with Crippen LogP contribution >= 0.6 is 7.14 Å². The summed E-state index contributed by atoms with van der Waals surface area (Å²) in [6.45, 7) is 6.55. The van der Waals surface area contributed by atoms with Gasteiger partial charge in [0.05, 0.1) is 0 Å². The molecule has 0 amide bonds. The van der Waals surface area contributed by atoms with Gasteiger partial charge in [0.1, 0.15) is 19.2 Å². The predicted octanol–water partition coefficient (Wildman–Crippen LogP) is 1.66. The Morgan fingerprint density at radius 2 is 1.81 bits per heavy atom. The zero-order valence-corrected chi connectivity index (χ0v) is 10.7. The minimum atomic E-state index is -3.85. The van der Waals surface area contributed by atoms with E-state index in [0.717, 1.165) is 0 Å². The minimum absolute atomic E-state index is 0.137. The van der Waals surface area contributed by atoms with Crippen LogP contribution in [0, 0.1) is 12.3 Å². The lowest BCUT2D eigenvalue weighted by Gasteiger charge is -2.13. The van der Waals surface area contributed by atoms with E-state index in [1.54, 1.807) is 0 Å². The van der Waals surface area contributed by atoms with Crippen LogP contribution in [0.5, 0.6) is 0 Å². The van der Waals surface area contributed by atoms with Gasteiger partial charge in [-0.3, -0.25) is 4.18 Å². The maximum Gasteiger partial charge on any atom is 0.275 e. The molecule has 6 heteroatoms. The van der Waals surface area contributed by atoms with Crippen LogP contribution < -0.4 is 0 Å². The molecule has 0 atom stereocenters. The van der Waals surface area contributed by atoms with Gasteiger partial charge in [-0.05, 0) is 0 Å². The van der Waals surface area contributed by atoms with Crippen LogP contribution in [0.25, 0.3) is 0 Å². The van der Waals surface area contributed by atoms with E-state index < -0.39 is 22.8 Å². The Balaban J connectivity index is 4.76. The molecule has 0 aromatic heterocycles. The van der Waals surface area contributed by atoms with Crippen LogP contribution in [-0.2, 0) is 18.9 Å². The van der Waals surface area contributed by atoms with E-state index in [2.05, 4.69) is 17.3 Å². The Morgan fingerprint density at radius 3 is 2.19 bits per heavy atom. The fourth-order valence-electron chi connectivity index (χ4n) is 1.10. The van der Waals surface area contributed by atoms with Crippen molar-refractivity contribution in [1.29, 1.82) is 0 Å². The summed E-state index contributed by atoms with van der Waals surface area (Å²) in [6.07, 6.45) is 8.01. The molecule has 0 unspecified atom stereocenters. The Hall–Kier alpha value is -0.820. The minimum Gasteiger partial charge on any atom is -0.322 e. The van der Waals surface area contributed by atoms with Crippen molar-refractivity contribution >= 4 is 17.3 Å². The molecule has 0 aromatic rings. The number of rotatable bonds is 8. The van der Waals surface area contributed by atoms with Gasteiger partial charge in [0.15, 0.2) is 0 Å². The Kier molecular flexibility index (Phi) is 6.35. The number of hydrogen-bond donors (Lipinski definition) is 0. The number of allylic oxidation sites excluding steroid dienone is 2. The highest BCUT2D eigenvalue weighted by Crippen LogP contribution is 2.46. The van der Waals surface area contributed by atoms with Crippen LogP contribution in [-0.4, -0.2) is 32.8 Å². The maximum atomic E-state index is 12.1. The quantitative estimate of drug-likeness (QED) is 0.289. The molecule has 0 aliphatic heterocycles. The molecule has 0 bridgehead atoms. The summed E-state index contributed by atoms with van der Waals surface area (Å²) in [5.41, 5.74) is -0.528. The van der Waals surface area contributed by atoms with Crippen LogP contribution in [0.15, 0.2) is 25.3 Å². The lowest BCUT2D eigenvalue weighted by atomic mass is 10.8. The SMILES string of the molecule is C#CCOS(=O)(=O)CP(=O)(CC=C)CC=C. The van der Waals surface area contributed by atoms with Gasteiger partial charge in [-0.1, -0.05) is 18.1 Å². The third-order valence-corrected chi connectivity index (χ3v) is 7.11.